The Bertz CT molecular complexity index is 1820. The van der Waals surface area contributed by atoms with Crippen molar-refractivity contribution < 1.29 is 11.0 Å². The second kappa shape index (κ2) is 13.1. The molecule has 0 radical (unpaired) electrons. The molecule has 45 heavy (non-hydrogen) atoms. The van der Waals surface area contributed by atoms with Crippen LogP contribution >= 0.6 is 0 Å². The monoisotopic (exact) mass is 603 g/mol. The van der Waals surface area contributed by atoms with Crippen LogP contribution in [-0.2, 0) is 30.6 Å². The fraction of sp³-hybridized carbons (Fsp3) is 0.324. The largest absolute Gasteiger partial charge is 0.497 e. The van der Waals surface area contributed by atoms with Crippen molar-refractivity contribution >= 4 is 22.4 Å². The topological polar surface area (TPSA) is 96.9 Å². The molecule has 0 bridgehead atoms. The summed E-state index contributed by atoms with van der Waals surface area (Å²) in [4.78, 5) is 17.1. The maximum Gasteiger partial charge on any atom is 0.237 e. The average Bonchev–Trinajstić information content (AvgIpc) is 3.81. The van der Waals surface area contributed by atoms with Crippen molar-refractivity contribution in [1.82, 2.24) is 30.4 Å². The second-order valence-corrected chi connectivity index (χ2v) is 12.1. The number of carbonyl (C=O) groups is 1. The van der Waals surface area contributed by atoms with E-state index in [4.69, 9.17) is 14.9 Å². The number of allylic oxidation sites excluding steroid dienone is 1. The minimum absolute atomic E-state index is 0. The van der Waals surface area contributed by atoms with Gasteiger partial charge in [0.1, 0.15) is 11.6 Å². The number of benzene rings is 3. The van der Waals surface area contributed by atoms with E-state index in [0.29, 0.717) is 13.0 Å². The van der Waals surface area contributed by atoms with Crippen molar-refractivity contribution in [2.24, 2.45) is 0 Å². The first-order valence-electron chi connectivity index (χ1n) is 16.1. The number of ether oxygens (including phenoxy) is 1. The lowest BCUT2D eigenvalue weighted by atomic mass is 9.98. The van der Waals surface area contributed by atoms with Crippen molar-refractivity contribution in [3.8, 4) is 5.75 Å². The highest BCUT2D eigenvalue weighted by atomic mass is 16.5. The van der Waals surface area contributed by atoms with Gasteiger partial charge in [-0.2, -0.15) is 0 Å². The number of nitrogens with zero attached hydrogens (tertiary/aromatic N) is 3. The van der Waals surface area contributed by atoms with E-state index < -0.39 is 0 Å². The molecule has 0 saturated carbocycles. The van der Waals surface area contributed by atoms with Gasteiger partial charge in [-0.25, -0.2) is 0 Å². The number of hydrogen-bond acceptors (Lipinski definition) is 5. The first-order chi connectivity index (χ1) is 22.2. The molecule has 1 aliphatic heterocycles. The third-order valence-electron chi connectivity index (χ3n) is 9.26. The molecule has 8 nitrogen and oxygen atoms in total. The summed E-state index contributed by atoms with van der Waals surface area (Å²) >= 11 is 0. The Hall–Kier alpha value is -4.69. The van der Waals surface area contributed by atoms with Crippen LogP contribution in [0.2, 0.25) is 0 Å². The molecule has 2 aliphatic rings. The van der Waals surface area contributed by atoms with Crippen LogP contribution in [0.1, 0.15) is 67.1 Å². The molecule has 3 N–H and O–H groups in total. The van der Waals surface area contributed by atoms with Gasteiger partial charge >= 0.3 is 0 Å². The van der Waals surface area contributed by atoms with Gasteiger partial charge in [0.15, 0.2) is 5.82 Å². The normalized spacial score (nSPS) is 16.7. The molecule has 3 heterocycles. The molecule has 1 saturated heterocycles. The van der Waals surface area contributed by atoms with E-state index in [1.165, 1.54) is 27.6 Å². The van der Waals surface area contributed by atoms with Gasteiger partial charge in [-0.15, -0.1) is 10.2 Å². The fourth-order valence-electron chi connectivity index (χ4n) is 6.79. The van der Waals surface area contributed by atoms with E-state index in [1.54, 1.807) is 7.11 Å². The average molecular weight is 604 g/mol. The third-order valence-corrected chi connectivity index (χ3v) is 9.26. The van der Waals surface area contributed by atoms with Crippen LogP contribution in [0.25, 0.3) is 16.5 Å². The van der Waals surface area contributed by atoms with Crippen molar-refractivity contribution in [3.05, 3.63) is 119 Å². The molecule has 2 aromatic heterocycles. The molecule has 8 heteroatoms. The van der Waals surface area contributed by atoms with Gasteiger partial charge in [0.25, 0.3) is 0 Å². The zero-order valence-electron chi connectivity index (χ0n) is 25.8. The summed E-state index contributed by atoms with van der Waals surface area (Å²) in [6, 6.07) is 24.6. The van der Waals surface area contributed by atoms with Gasteiger partial charge in [-0.1, -0.05) is 67.1 Å². The number of hydrogen-bond donors (Lipinski definition) is 3. The van der Waals surface area contributed by atoms with Gasteiger partial charge in [0.05, 0.1) is 25.7 Å². The molecule has 0 unspecified atom stereocenters. The first kappa shape index (κ1) is 29.0. The molecular weight excluding hydrogens is 560 g/mol. The Balaban J connectivity index is 0.00000372. The van der Waals surface area contributed by atoms with Crippen LogP contribution in [-0.4, -0.2) is 45.4 Å². The summed E-state index contributed by atoms with van der Waals surface area (Å²) in [5.74, 6) is 2.54. The summed E-state index contributed by atoms with van der Waals surface area (Å²) < 4.78 is 7.63. The van der Waals surface area contributed by atoms with Crippen LogP contribution in [0.5, 0.6) is 5.75 Å². The predicted octanol–water partition coefficient (Wildman–Crippen LogP) is 6.18. The molecule has 2 atom stereocenters. The van der Waals surface area contributed by atoms with E-state index in [-0.39, 0.29) is 19.4 Å². The Labute approximate surface area is 265 Å². The van der Waals surface area contributed by atoms with Gasteiger partial charge < -0.3 is 24.9 Å². The van der Waals surface area contributed by atoms with Gasteiger partial charge in [0, 0.05) is 31.4 Å². The number of nitrogens with one attached hydrogen (secondary N) is 3. The molecule has 3 aromatic carbocycles. The number of carbonyl (C=O) groups excluding carboxylic acids is 1. The SMILES string of the molecule is COc1ccc(Cn2c(CCc3c[nH]c4ccccc34)nnc2[C@@H](CC2=CCc3ccccc32)NC(=O)[C@H]2CCCCN2)cc1.[2HH]. The zero-order chi connectivity index (χ0) is 30.6. The van der Waals surface area contributed by atoms with Crippen molar-refractivity contribution in [3.63, 3.8) is 0 Å². The van der Waals surface area contributed by atoms with Crippen molar-refractivity contribution in [2.75, 3.05) is 13.7 Å². The van der Waals surface area contributed by atoms with Gasteiger partial charge in [-0.3, -0.25) is 4.79 Å². The lowest BCUT2D eigenvalue weighted by Gasteiger charge is -2.26. The smallest absolute Gasteiger partial charge is 0.237 e. The third kappa shape index (κ3) is 6.28. The minimum atomic E-state index is -0.328. The number of piperidine rings is 1. The van der Waals surface area contributed by atoms with Crippen LogP contribution in [0.4, 0.5) is 0 Å². The van der Waals surface area contributed by atoms with E-state index in [1.807, 2.05) is 12.1 Å². The number of aromatic amines is 1. The quantitative estimate of drug-likeness (QED) is 0.168. The minimum Gasteiger partial charge on any atom is -0.497 e. The van der Waals surface area contributed by atoms with Crippen molar-refractivity contribution in [2.45, 2.75) is 63.6 Å². The first-order valence-corrected chi connectivity index (χ1v) is 16.1. The summed E-state index contributed by atoms with van der Waals surface area (Å²) in [6.45, 7) is 1.46. The Morgan fingerprint density at radius 2 is 1.89 bits per heavy atom. The maximum atomic E-state index is 13.7. The van der Waals surface area contributed by atoms with E-state index in [9.17, 15) is 4.79 Å². The Morgan fingerprint density at radius 3 is 2.73 bits per heavy atom. The summed E-state index contributed by atoms with van der Waals surface area (Å²) in [7, 11) is 1.68. The lowest BCUT2D eigenvalue weighted by molar-refractivity contribution is -0.124. The zero-order valence-corrected chi connectivity index (χ0v) is 25.8. The van der Waals surface area contributed by atoms with Crippen LogP contribution in [0.3, 0.4) is 0 Å². The van der Waals surface area contributed by atoms with Crippen LogP contribution in [0.15, 0.2) is 85.1 Å². The molecule has 5 aromatic rings. The highest BCUT2D eigenvalue weighted by Gasteiger charge is 2.29. The van der Waals surface area contributed by atoms with Crippen LogP contribution < -0.4 is 15.4 Å². The van der Waals surface area contributed by atoms with Gasteiger partial charge in [-0.05, 0) is 78.3 Å². The fourth-order valence-corrected chi connectivity index (χ4v) is 6.79. The second-order valence-electron chi connectivity index (χ2n) is 12.1. The Kier molecular flexibility index (Phi) is 8.47. The summed E-state index contributed by atoms with van der Waals surface area (Å²) in [6.07, 6.45) is 10.5. The summed E-state index contributed by atoms with van der Waals surface area (Å²) in [5, 5.41) is 17.7. The number of aryl methyl sites for hydroxylation is 2. The number of methoxy groups -OCH3 is 1. The van der Waals surface area contributed by atoms with Crippen LogP contribution in [0, 0.1) is 0 Å². The number of H-pyrrole nitrogens is 1. The maximum absolute atomic E-state index is 13.7. The van der Waals surface area contributed by atoms with Crippen molar-refractivity contribution in [1.29, 1.82) is 0 Å². The number of aromatic nitrogens is 4. The molecule has 1 amide bonds. The lowest BCUT2D eigenvalue weighted by Crippen LogP contribution is -2.48. The predicted molar refractivity (Wildman–Crippen MR) is 179 cm³/mol. The van der Waals surface area contributed by atoms with E-state index >= 15 is 0 Å². The number of para-hydroxylation sites is 1. The molecule has 1 aliphatic carbocycles. The molecular formula is C37H42N6O2. The standard InChI is InChI=1S/C37H40N6O2.H2/c1-45-29-18-13-25(14-19-29)24-43-35(20-17-28-23-39-32-11-5-4-10-31(28)32)41-42-36(43)34(40-37(44)33-12-6-7-21-38-33)22-27-16-15-26-8-2-3-9-30(26)27;/h2-5,8-11,13-14,16,18-19,23,33-34,38-39H,6-7,12,15,17,20-22,24H2,1H3,(H,40,44);1H/t33-,34-;/m1./s1/i;1+1. The van der Waals surface area contributed by atoms with Gasteiger partial charge in [0.2, 0.25) is 5.91 Å². The van der Waals surface area contributed by atoms with E-state index in [2.05, 4.69) is 93.1 Å². The molecule has 0 spiro atoms. The number of rotatable bonds is 11. The Morgan fingerprint density at radius 1 is 1.04 bits per heavy atom. The summed E-state index contributed by atoms with van der Waals surface area (Å²) in [5.41, 5.74) is 7.34. The number of fused-ring (bicyclic) bond motifs is 2. The highest BCUT2D eigenvalue weighted by Crippen LogP contribution is 2.34. The molecule has 1 fully saturated rings. The highest BCUT2D eigenvalue weighted by molar-refractivity contribution is 5.83. The van der Waals surface area contributed by atoms with E-state index in [0.717, 1.165) is 73.5 Å². The number of amides is 1. The molecule has 232 valence electrons. The molecule has 7 rings (SSSR count).